The van der Waals surface area contributed by atoms with Crippen molar-refractivity contribution >= 4 is 40.1 Å². The van der Waals surface area contributed by atoms with Crippen LogP contribution in [0.15, 0.2) is 42.5 Å². The third-order valence-corrected chi connectivity index (χ3v) is 5.34. The van der Waals surface area contributed by atoms with Gasteiger partial charge in [0.05, 0.1) is 16.1 Å². The minimum Gasteiger partial charge on any atom is -0.480 e. The highest BCUT2D eigenvalue weighted by atomic mass is 35.5. The van der Waals surface area contributed by atoms with E-state index < -0.39 is 12.0 Å². The van der Waals surface area contributed by atoms with Crippen LogP contribution in [0.2, 0.25) is 10.0 Å². The minimum atomic E-state index is -0.880. The van der Waals surface area contributed by atoms with Crippen LogP contribution in [-0.4, -0.2) is 22.1 Å². The third kappa shape index (κ3) is 2.38. The van der Waals surface area contributed by atoms with Crippen molar-refractivity contribution in [2.24, 2.45) is 0 Å². The van der Waals surface area contributed by atoms with E-state index in [0.29, 0.717) is 16.5 Å². The molecule has 0 radical (unpaired) electrons. The SMILES string of the molecule is O=C(O)C1Cc2c([nH]c3ccccc23)C(c2cccc(Cl)c2Cl)N1. The first-order valence-electron chi connectivity index (χ1n) is 7.58. The van der Waals surface area contributed by atoms with Gasteiger partial charge in [0, 0.05) is 23.0 Å². The van der Waals surface area contributed by atoms with Gasteiger partial charge in [-0.2, -0.15) is 0 Å². The monoisotopic (exact) mass is 360 g/mol. The van der Waals surface area contributed by atoms with Gasteiger partial charge in [-0.1, -0.05) is 53.5 Å². The van der Waals surface area contributed by atoms with Crippen molar-refractivity contribution in [1.82, 2.24) is 10.3 Å². The molecule has 4 nitrogen and oxygen atoms in total. The largest absolute Gasteiger partial charge is 0.480 e. The van der Waals surface area contributed by atoms with Crippen LogP contribution in [0.25, 0.3) is 10.9 Å². The van der Waals surface area contributed by atoms with E-state index in [9.17, 15) is 9.90 Å². The molecule has 6 heteroatoms. The Morgan fingerprint density at radius 3 is 2.71 bits per heavy atom. The molecule has 0 saturated carbocycles. The van der Waals surface area contributed by atoms with E-state index in [4.69, 9.17) is 23.2 Å². The maximum absolute atomic E-state index is 11.6. The first kappa shape index (κ1) is 15.5. The van der Waals surface area contributed by atoms with Crippen LogP contribution in [-0.2, 0) is 11.2 Å². The number of hydrogen-bond donors (Lipinski definition) is 3. The Kier molecular flexibility index (Phi) is 3.76. The van der Waals surface area contributed by atoms with Crippen molar-refractivity contribution in [2.45, 2.75) is 18.5 Å². The van der Waals surface area contributed by atoms with Crippen molar-refractivity contribution in [2.75, 3.05) is 0 Å². The van der Waals surface area contributed by atoms with Gasteiger partial charge >= 0.3 is 5.97 Å². The van der Waals surface area contributed by atoms with Crippen LogP contribution in [0, 0.1) is 0 Å². The van der Waals surface area contributed by atoms with Crippen LogP contribution in [0.3, 0.4) is 0 Å². The molecule has 24 heavy (non-hydrogen) atoms. The highest BCUT2D eigenvalue weighted by molar-refractivity contribution is 6.42. The summed E-state index contributed by atoms with van der Waals surface area (Å²) in [5.41, 5.74) is 3.71. The number of carboxylic acid groups (broad SMARTS) is 1. The van der Waals surface area contributed by atoms with Crippen molar-refractivity contribution in [3.63, 3.8) is 0 Å². The van der Waals surface area contributed by atoms with Crippen LogP contribution in [0.5, 0.6) is 0 Å². The second-order valence-corrected chi connectivity index (χ2v) is 6.69. The quantitative estimate of drug-likeness (QED) is 0.642. The van der Waals surface area contributed by atoms with Gasteiger partial charge in [0.1, 0.15) is 6.04 Å². The molecule has 0 spiro atoms. The summed E-state index contributed by atoms with van der Waals surface area (Å²) >= 11 is 12.5. The maximum atomic E-state index is 11.6. The number of hydrogen-bond acceptors (Lipinski definition) is 2. The first-order valence-corrected chi connectivity index (χ1v) is 8.34. The molecule has 2 aromatic carbocycles. The Morgan fingerprint density at radius 1 is 1.12 bits per heavy atom. The van der Waals surface area contributed by atoms with Crippen molar-refractivity contribution < 1.29 is 9.90 Å². The molecule has 122 valence electrons. The Bertz CT molecular complexity index is 951. The zero-order chi connectivity index (χ0) is 16.8. The summed E-state index contributed by atoms with van der Waals surface area (Å²) in [6.07, 6.45) is 0.420. The lowest BCUT2D eigenvalue weighted by atomic mass is 9.90. The lowest BCUT2D eigenvalue weighted by Crippen LogP contribution is -2.45. The molecular weight excluding hydrogens is 347 g/mol. The summed E-state index contributed by atoms with van der Waals surface area (Å²) in [5, 5.41) is 14.6. The normalized spacial score (nSPS) is 20.1. The number of H-pyrrole nitrogens is 1. The number of nitrogens with one attached hydrogen (secondary N) is 2. The van der Waals surface area contributed by atoms with Crippen molar-refractivity contribution in [1.29, 1.82) is 0 Å². The van der Waals surface area contributed by atoms with E-state index in [-0.39, 0.29) is 6.04 Å². The molecular formula is C18H14Cl2N2O2. The molecule has 4 rings (SSSR count). The zero-order valence-corrected chi connectivity index (χ0v) is 14.0. The number of halogens is 2. The highest BCUT2D eigenvalue weighted by Crippen LogP contribution is 2.39. The van der Waals surface area contributed by atoms with E-state index in [2.05, 4.69) is 10.3 Å². The Labute approximate surface area is 148 Å². The molecule has 0 aliphatic carbocycles. The van der Waals surface area contributed by atoms with Gasteiger partial charge in [0.2, 0.25) is 0 Å². The number of carboxylic acids is 1. The molecule has 1 aliphatic rings. The van der Waals surface area contributed by atoms with Gasteiger partial charge < -0.3 is 10.1 Å². The standard InChI is InChI=1S/C18H14Cl2N2O2/c19-12-6-3-5-10(15(12)20)16-17-11(8-14(22-16)18(23)24)9-4-1-2-7-13(9)21-17/h1-7,14,16,21-22H,8H2,(H,23,24). The summed E-state index contributed by atoms with van der Waals surface area (Å²) in [6.45, 7) is 0. The number of aromatic nitrogens is 1. The summed E-state index contributed by atoms with van der Waals surface area (Å²) < 4.78 is 0. The first-order chi connectivity index (χ1) is 11.6. The minimum absolute atomic E-state index is 0.353. The van der Waals surface area contributed by atoms with E-state index >= 15 is 0 Å². The number of aromatic amines is 1. The van der Waals surface area contributed by atoms with Crippen LogP contribution < -0.4 is 5.32 Å². The third-order valence-electron chi connectivity index (χ3n) is 4.50. The maximum Gasteiger partial charge on any atom is 0.321 e. The molecule has 2 unspecified atom stereocenters. The molecule has 2 atom stereocenters. The zero-order valence-electron chi connectivity index (χ0n) is 12.5. The molecule has 1 aliphatic heterocycles. The molecule has 0 bridgehead atoms. The average molecular weight is 361 g/mol. The van der Waals surface area contributed by atoms with Crippen molar-refractivity contribution in [3.8, 4) is 0 Å². The summed E-state index contributed by atoms with van der Waals surface area (Å²) in [4.78, 5) is 15.0. The Balaban J connectivity index is 1.94. The predicted octanol–water partition coefficient (Wildman–Crippen LogP) is 4.16. The summed E-state index contributed by atoms with van der Waals surface area (Å²) in [6, 6.07) is 12.3. The lowest BCUT2D eigenvalue weighted by molar-refractivity contribution is -0.139. The highest BCUT2D eigenvalue weighted by Gasteiger charge is 2.34. The number of benzene rings is 2. The smallest absolute Gasteiger partial charge is 0.321 e. The number of rotatable bonds is 2. The fourth-order valence-corrected chi connectivity index (χ4v) is 3.80. The number of para-hydroxylation sites is 1. The lowest BCUT2D eigenvalue weighted by Gasteiger charge is -2.30. The molecule has 0 amide bonds. The van der Waals surface area contributed by atoms with E-state index in [1.807, 2.05) is 36.4 Å². The molecule has 1 aromatic heterocycles. The molecule has 3 N–H and O–H groups in total. The van der Waals surface area contributed by atoms with Crippen LogP contribution >= 0.6 is 23.2 Å². The molecule has 0 fully saturated rings. The fraction of sp³-hybridized carbons (Fsp3) is 0.167. The summed E-state index contributed by atoms with van der Waals surface area (Å²) in [5.74, 6) is -0.880. The van der Waals surface area contributed by atoms with Crippen LogP contribution in [0.4, 0.5) is 0 Å². The van der Waals surface area contributed by atoms with E-state index in [1.54, 1.807) is 6.07 Å². The average Bonchev–Trinajstić information content (AvgIpc) is 2.95. The second-order valence-electron chi connectivity index (χ2n) is 5.90. The molecule has 2 heterocycles. The number of carbonyl (C=O) groups is 1. The second kappa shape index (κ2) is 5.81. The van der Waals surface area contributed by atoms with Gasteiger partial charge in [-0.3, -0.25) is 10.1 Å². The van der Waals surface area contributed by atoms with E-state index in [1.165, 1.54) is 0 Å². The van der Waals surface area contributed by atoms with Crippen LogP contribution in [0.1, 0.15) is 22.9 Å². The number of aliphatic carboxylic acids is 1. The molecule has 3 aromatic rings. The van der Waals surface area contributed by atoms with Gasteiger partial charge in [-0.25, -0.2) is 0 Å². The van der Waals surface area contributed by atoms with Crippen molar-refractivity contribution in [3.05, 3.63) is 69.3 Å². The van der Waals surface area contributed by atoms with Gasteiger partial charge in [-0.05, 0) is 23.3 Å². The van der Waals surface area contributed by atoms with Gasteiger partial charge in [0.15, 0.2) is 0 Å². The van der Waals surface area contributed by atoms with E-state index in [0.717, 1.165) is 27.7 Å². The number of fused-ring (bicyclic) bond motifs is 3. The fourth-order valence-electron chi connectivity index (χ4n) is 3.38. The summed E-state index contributed by atoms with van der Waals surface area (Å²) in [7, 11) is 0. The Morgan fingerprint density at radius 2 is 1.92 bits per heavy atom. The van der Waals surface area contributed by atoms with Gasteiger partial charge in [0.25, 0.3) is 0 Å². The van der Waals surface area contributed by atoms with Gasteiger partial charge in [-0.15, -0.1) is 0 Å². The molecule has 0 saturated heterocycles. The predicted molar refractivity (Wildman–Crippen MR) is 94.9 cm³/mol. The topological polar surface area (TPSA) is 65.1 Å². The Hall–Kier alpha value is -2.01.